The zero-order valence-corrected chi connectivity index (χ0v) is 44.2. The third-order valence-electron chi connectivity index (χ3n) is 12.4. The normalized spacial score (nSPS) is 28.8. The Morgan fingerprint density at radius 3 is 2.47 bits per heavy atom. The van der Waals surface area contributed by atoms with E-state index in [2.05, 4.69) is 5.32 Å². The first-order valence-electron chi connectivity index (χ1n) is 21.2. The van der Waals surface area contributed by atoms with E-state index >= 15 is 0 Å². The van der Waals surface area contributed by atoms with Crippen molar-refractivity contribution in [1.82, 2.24) is 10.2 Å². The van der Waals surface area contributed by atoms with Crippen LogP contribution >= 0.6 is 33.2 Å². The maximum absolute atomic E-state index is 14.2. The molecule has 2 unspecified atom stereocenters. The zero-order chi connectivity index (χ0) is 47.4. The van der Waals surface area contributed by atoms with E-state index in [1.807, 2.05) is 44.2 Å². The number of allylic oxidation sites excluding steroid dienone is 3. The Morgan fingerprint density at radius 2 is 1.84 bits per heavy atom. The molecule has 352 valence electrons. The average molecular weight is 981 g/mol. The van der Waals surface area contributed by atoms with Crippen molar-refractivity contribution in [1.29, 1.82) is 0 Å². The van der Waals surface area contributed by atoms with E-state index in [0.717, 1.165) is 38.3 Å². The standard InChI is InChI=1S/C44H64ClN3O12S3.Na/c1-12-31(49)16-17-37(63(55,56)57)61-62-42(7,8)19-18-35(50)47(10)29(6)40(52)59-34-23-36(51)48(11)32-22-30(21-26(3)38(32)45)20-25(2)14-13-15-27(4)44(54)24-33(58-41(53)46-44)28(5)39-43(34,9)60-39;/h13-15,21-22,27-29,33-34,37,39,54H,12,16-20,23-24H2,1-11H3,(H,46,53)(H,55,56,57);/q;+1/p-1/b15-13+,25-14+;/t27-,28-,29+,33?,34+,37?,39+,43+,44+;/m1./s1. The van der Waals surface area contributed by atoms with Gasteiger partial charge in [-0.05, 0) is 78.0 Å². The number of hydrogen-bond acceptors (Lipinski definition) is 14. The molecule has 9 atom stereocenters. The number of alkyl carbamates (subject to hydrolysis) is 1. The van der Waals surface area contributed by atoms with E-state index in [-0.39, 0.29) is 80.3 Å². The summed E-state index contributed by atoms with van der Waals surface area (Å²) in [6, 6.07) is 2.67. The van der Waals surface area contributed by atoms with E-state index in [0.29, 0.717) is 17.1 Å². The molecule has 20 heteroatoms. The number of carbonyl (C=O) groups excluding carboxylic acids is 5. The number of halogens is 1. The third kappa shape index (κ3) is 14.4. The molecule has 3 heterocycles. The minimum atomic E-state index is -4.69. The van der Waals surface area contributed by atoms with Crippen molar-refractivity contribution < 1.29 is 85.8 Å². The van der Waals surface area contributed by atoms with Crippen LogP contribution in [-0.4, -0.2) is 112 Å². The first kappa shape index (κ1) is 56.2. The molecule has 64 heavy (non-hydrogen) atoms. The van der Waals surface area contributed by atoms with Crippen LogP contribution in [0.3, 0.4) is 0 Å². The van der Waals surface area contributed by atoms with Gasteiger partial charge in [0.05, 0.1) is 23.2 Å². The Bertz CT molecular complexity index is 2090. The molecule has 4 bridgehead atoms. The second-order valence-corrected chi connectivity index (χ2v) is 23.3. The molecule has 15 nitrogen and oxygen atoms in total. The number of nitrogens with zero attached hydrogens (tertiary/aromatic N) is 2. The van der Waals surface area contributed by atoms with Gasteiger partial charge in [-0.15, -0.1) is 0 Å². The van der Waals surface area contributed by atoms with E-state index in [1.54, 1.807) is 48.6 Å². The van der Waals surface area contributed by atoms with E-state index < -0.39 is 90.8 Å². The summed E-state index contributed by atoms with van der Waals surface area (Å²) >= 11 is 6.80. The first-order chi connectivity index (χ1) is 29.1. The number of nitrogens with one attached hydrogen (secondary N) is 1. The topological polar surface area (TPSA) is 212 Å². The number of benzene rings is 1. The third-order valence-corrected chi connectivity index (χ3v) is 18.6. The van der Waals surface area contributed by atoms with Crippen molar-refractivity contribution in [3.63, 3.8) is 0 Å². The summed E-state index contributed by atoms with van der Waals surface area (Å²) in [4.78, 5) is 69.1. The van der Waals surface area contributed by atoms with Gasteiger partial charge in [-0.2, -0.15) is 0 Å². The average Bonchev–Trinajstić information content (AvgIpc) is 3.90. The molecule has 1 aromatic carbocycles. The molecule has 0 saturated carbocycles. The van der Waals surface area contributed by atoms with Crippen molar-refractivity contribution in [2.24, 2.45) is 11.8 Å². The molecule has 3 amide bonds. The predicted octanol–water partition coefficient (Wildman–Crippen LogP) is 4.01. The molecule has 0 radical (unpaired) electrons. The summed E-state index contributed by atoms with van der Waals surface area (Å²) in [6.07, 6.45) is 2.64. The number of ether oxygens (including phenoxy) is 3. The van der Waals surface area contributed by atoms with Crippen molar-refractivity contribution in [2.45, 2.75) is 159 Å². The van der Waals surface area contributed by atoms with Gasteiger partial charge in [0, 0.05) is 56.4 Å². The van der Waals surface area contributed by atoms with Crippen LogP contribution in [0.5, 0.6) is 0 Å². The number of likely N-dealkylation sites (N-methyl/N-ethyl adjacent to an activating group) is 1. The fourth-order valence-corrected chi connectivity index (χ4v) is 12.3. The minimum Gasteiger partial charge on any atom is -0.747 e. The minimum absolute atomic E-state index is 0. The first-order valence-corrected chi connectivity index (χ1v) is 25.2. The molecule has 0 aromatic heterocycles. The number of fused-ring (bicyclic) bond motifs is 5. The summed E-state index contributed by atoms with van der Waals surface area (Å²) < 4.78 is 51.9. The van der Waals surface area contributed by atoms with Gasteiger partial charge >= 0.3 is 41.6 Å². The maximum atomic E-state index is 14.2. The van der Waals surface area contributed by atoms with Crippen molar-refractivity contribution >= 4 is 78.7 Å². The van der Waals surface area contributed by atoms with E-state index in [9.17, 15) is 42.0 Å². The van der Waals surface area contributed by atoms with Gasteiger partial charge < -0.3 is 33.7 Å². The quantitative estimate of drug-likeness (QED) is 0.0888. The number of Topliss-reactive ketones (excluding diaryl/α,β-unsaturated/α-hetero) is 1. The van der Waals surface area contributed by atoms with E-state index in [1.165, 1.54) is 23.8 Å². The molecule has 3 aliphatic rings. The molecule has 2 fully saturated rings. The number of aryl methyl sites for hydroxylation is 1. The van der Waals surface area contributed by atoms with Crippen LogP contribution < -0.4 is 39.8 Å². The number of anilines is 1. The number of ketones is 1. The molecular formula is C44H63ClN3NaO12S3. The Labute approximate surface area is 413 Å². The molecule has 0 aliphatic carbocycles. The van der Waals surface area contributed by atoms with Gasteiger partial charge in [-0.1, -0.05) is 83.8 Å². The number of aliphatic hydroxyl groups is 1. The van der Waals surface area contributed by atoms with Crippen LogP contribution in [0.25, 0.3) is 0 Å². The number of esters is 1. The molecule has 0 spiro atoms. The van der Waals surface area contributed by atoms with Gasteiger partial charge in [0.15, 0.2) is 0 Å². The summed E-state index contributed by atoms with van der Waals surface area (Å²) in [6.45, 7) is 15.9. The van der Waals surface area contributed by atoms with Crippen LogP contribution in [0.2, 0.25) is 5.02 Å². The number of carbonyl (C=O) groups is 5. The number of amides is 3. The van der Waals surface area contributed by atoms with Crippen molar-refractivity contribution in [2.75, 3.05) is 19.0 Å². The predicted molar refractivity (Wildman–Crippen MR) is 244 cm³/mol. The molecule has 2 N–H and O–H groups in total. The van der Waals surface area contributed by atoms with Gasteiger partial charge in [0.25, 0.3) is 0 Å². The maximum Gasteiger partial charge on any atom is 1.00 e. The Hall–Kier alpha value is -2.13. The summed E-state index contributed by atoms with van der Waals surface area (Å²) in [5.41, 5.74) is 0.208. The van der Waals surface area contributed by atoms with Crippen LogP contribution in [0.1, 0.15) is 111 Å². The van der Waals surface area contributed by atoms with Gasteiger partial charge in [-0.3, -0.25) is 19.7 Å². The smallest absolute Gasteiger partial charge is 0.747 e. The SMILES string of the molecule is CCC(=O)CCC(SSC(C)(C)CCC(=O)N(C)[C@@H](C)C(=O)O[C@H]1CC(=O)N(C)c2cc(cc(C)c2Cl)C/C(C)=C/C=C/[C@@H](C)[C@@]2(O)CC(OC(=O)N2)[C@@H](C)[C@@H]2O[C@@]12C)S(=O)(=O)[O-].[Na+]. The fourth-order valence-electron chi connectivity index (χ4n) is 7.67. The zero-order valence-electron chi connectivity index (χ0n) is 39.0. The molecule has 4 rings (SSSR count). The monoisotopic (exact) mass is 979 g/mol. The number of hydrogen-bond donors (Lipinski definition) is 2. The molecule has 2 saturated heterocycles. The van der Waals surface area contributed by atoms with Crippen LogP contribution in [0, 0.1) is 18.8 Å². The Balaban J connectivity index is 0.0000109. The summed E-state index contributed by atoms with van der Waals surface area (Å²) in [5.74, 6) is -2.83. The van der Waals surface area contributed by atoms with Crippen LogP contribution in [-0.2, 0) is 49.9 Å². The van der Waals surface area contributed by atoms with Gasteiger partial charge in [0.2, 0.25) is 11.8 Å². The molecule has 3 aliphatic heterocycles. The van der Waals surface area contributed by atoms with Crippen LogP contribution in [0.4, 0.5) is 10.5 Å². The number of rotatable bonds is 14. The summed E-state index contributed by atoms with van der Waals surface area (Å²) in [7, 11) is 0.363. The number of epoxide rings is 1. The fraction of sp³-hybridized carbons (Fsp3) is 0.659. The van der Waals surface area contributed by atoms with Gasteiger partial charge in [-0.25, -0.2) is 18.0 Å². The molecular weight excluding hydrogens is 917 g/mol. The van der Waals surface area contributed by atoms with E-state index in [4.69, 9.17) is 25.8 Å². The second-order valence-electron chi connectivity index (χ2n) is 17.9. The Kier molecular flexibility index (Phi) is 20.0. The summed E-state index contributed by atoms with van der Waals surface area (Å²) in [5, 5.41) is 14.7. The van der Waals surface area contributed by atoms with Crippen LogP contribution in [0.15, 0.2) is 35.9 Å². The second kappa shape index (κ2) is 22.8. The van der Waals surface area contributed by atoms with Gasteiger partial charge in [0.1, 0.15) is 50.1 Å². The molecule has 1 aromatic rings. The Morgan fingerprint density at radius 1 is 1.19 bits per heavy atom. The van der Waals surface area contributed by atoms with Crippen molar-refractivity contribution in [3.05, 3.63) is 52.1 Å². The largest absolute Gasteiger partial charge is 1.00 e. The van der Waals surface area contributed by atoms with Crippen molar-refractivity contribution in [3.8, 4) is 0 Å².